The van der Waals surface area contributed by atoms with E-state index in [2.05, 4.69) is 6.58 Å². The lowest BCUT2D eigenvalue weighted by Gasteiger charge is -2.32. The Bertz CT molecular complexity index is 279. The van der Waals surface area contributed by atoms with Crippen molar-refractivity contribution in [2.24, 2.45) is 0 Å². The molecule has 0 bridgehead atoms. The van der Waals surface area contributed by atoms with E-state index in [0.717, 1.165) is 0 Å². The second-order valence-electron chi connectivity index (χ2n) is 4.83. The van der Waals surface area contributed by atoms with Gasteiger partial charge in [0.15, 0.2) is 0 Å². The molecule has 0 aromatic rings. The Kier molecular flexibility index (Phi) is 3.86. The third-order valence-electron chi connectivity index (χ3n) is 3.08. The summed E-state index contributed by atoms with van der Waals surface area (Å²) >= 11 is 0. The molecule has 16 heavy (non-hydrogen) atoms. The highest BCUT2D eigenvalue weighted by Gasteiger charge is 2.53. The quantitative estimate of drug-likeness (QED) is 0.417. The summed E-state index contributed by atoms with van der Waals surface area (Å²) in [6.07, 6.45) is 3.46. The molecule has 3 nitrogen and oxygen atoms in total. The first-order valence-electron chi connectivity index (χ1n) is 5.65. The van der Waals surface area contributed by atoms with Crippen LogP contribution in [0.1, 0.15) is 34.6 Å². The summed E-state index contributed by atoms with van der Waals surface area (Å²) in [5, 5.41) is 0. The van der Waals surface area contributed by atoms with E-state index in [-0.39, 0.29) is 11.2 Å². The third kappa shape index (κ3) is 2.50. The summed E-state index contributed by atoms with van der Waals surface area (Å²) < 4.78 is 17.2. The Hall–Kier alpha value is -0.735. The molecule has 0 spiro atoms. The van der Waals surface area contributed by atoms with Crippen molar-refractivity contribution in [3.05, 3.63) is 24.4 Å². The first-order chi connectivity index (χ1) is 7.34. The number of ether oxygens (including phenoxy) is 1. The molecule has 0 aromatic heterocycles. The maximum absolute atomic E-state index is 5.87. The van der Waals surface area contributed by atoms with Crippen molar-refractivity contribution >= 4 is 7.12 Å². The van der Waals surface area contributed by atoms with Gasteiger partial charge in [0, 0.05) is 0 Å². The molecule has 0 radical (unpaired) electrons. The molecule has 0 unspecified atom stereocenters. The molecule has 0 N–H and O–H groups in total. The van der Waals surface area contributed by atoms with Crippen molar-refractivity contribution in [1.29, 1.82) is 0 Å². The fraction of sp³-hybridized carbons (Fsp3) is 0.667. The molecule has 1 heterocycles. The van der Waals surface area contributed by atoms with Crippen LogP contribution in [0.3, 0.4) is 0 Å². The molecular formula is C12H21BO3. The number of hydrogen-bond donors (Lipinski definition) is 0. The zero-order valence-corrected chi connectivity index (χ0v) is 10.9. The van der Waals surface area contributed by atoms with Gasteiger partial charge < -0.3 is 14.0 Å². The van der Waals surface area contributed by atoms with Crippen molar-refractivity contribution in [1.82, 2.24) is 0 Å². The number of rotatable bonds is 4. The summed E-state index contributed by atoms with van der Waals surface area (Å²) in [4.78, 5) is 0. The molecule has 1 aliphatic heterocycles. The molecule has 0 aromatic carbocycles. The highest BCUT2D eigenvalue weighted by atomic mass is 16.7. The monoisotopic (exact) mass is 224 g/mol. The van der Waals surface area contributed by atoms with Crippen LogP contribution in [0.2, 0.25) is 0 Å². The number of allylic oxidation sites excluding steroid dienone is 2. The first-order valence-corrected chi connectivity index (χ1v) is 5.65. The minimum Gasteiger partial charge on any atom is -0.502 e. The molecule has 0 amide bonds. The molecular weight excluding hydrogens is 203 g/mol. The molecule has 0 atom stereocenters. The Labute approximate surface area is 98.6 Å². The normalized spacial score (nSPS) is 23.3. The van der Waals surface area contributed by atoms with Crippen molar-refractivity contribution in [3.8, 4) is 0 Å². The van der Waals surface area contributed by atoms with E-state index in [1.54, 1.807) is 12.2 Å². The Morgan fingerprint density at radius 1 is 1.25 bits per heavy atom. The van der Waals surface area contributed by atoms with Crippen molar-refractivity contribution in [2.75, 3.05) is 6.61 Å². The third-order valence-corrected chi connectivity index (χ3v) is 3.08. The Balaban J connectivity index is 2.84. The van der Waals surface area contributed by atoms with Crippen LogP contribution in [0.4, 0.5) is 0 Å². The Morgan fingerprint density at radius 2 is 1.75 bits per heavy atom. The minimum atomic E-state index is -0.442. The van der Waals surface area contributed by atoms with Crippen LogP contribution >= 0.6 is 0 Å². The molecule has 90 valence electrons. The van der Waals surface area contributed by atoms with E-state index in [1.165, 1.54) is 0 Å². The molecule has 1 fully saturated rings. The Morgan fingerprint density at radius 3 is 2.12 bits per heavy atom. The van der Waals surface area contributed by atoms with Crippen LogP contribution in [0, 0.1) is 0 Å². The molecule has 1 aliphatic rings. The summed E-state index contributed by atoms with van der Waals surface area (Å²) in [6, 6.07) is 0. The summed E-state index contributed by atoms with van der Waals surface area (Å²) in [5.74, 6) is 0. The zero-order valence-electron chi connectivity index (χ0n) is 10.9. The van der Waals surface area contributed by atoms with Crippen LogP contribution in [-0.2, 0) is 14.0 Å². The summed E-state index contributed by atoms with van der Waals surface area (Å²) in [6.45, 7) is 14.3. The van der Waals surface area contributed by atoms with Gasteiger partial charge in [0.25, 0.3) is 0 Å². The zero-order chi connectivity index (χ0) is 12.4. The van der Waals surface area contributed by atoms with Crippen LogP contribution in [-0.4, -0.2) is 24.9 Å². The van der Waals surface area contributed by atoms with Gasteiger partial charge in [-0.2, -0.15) is 0 Å². The van der Waals surface area contributed by atoms with Gasteiger partial charge in [-0.1, -0.05) is 12.7 Å². The van der Waals surface area contributed by atoms with E-state index in [9.17, 15) is 0 Å². The van der Waals surface area contributed by atoms with Crippen molar-refractivity contribution < 1.29 is 14.0 Å². The smallest absolute Gasteiger partial charge is 0.502 e. The first kappa shape index (κ1) is 13.3. The molecule has 0 saturated carbocycles. The largest absolute Gasteiger partial charge is 0.532 e. The average molecular weight is 224 g/mol. The minimum absolute atomic E-state index is 0.338. The van der Waals surface area contributed by atoms with E-state index in [0.29, 0.717) is 12.3 Å². The predicted octanol–water partition coefficient (Wildman–Crippen LogP) is 2.72. The van der Waals surface area contributed by atoms with E-state index < -0.39 is 7.12 Å². The lowest BCUT2D eigenvalue weighted by molar-refractivity contribution is 0.00578. The van der Waals surface area contributed by atoms with Gasteiger partial charge >= 0.3 is 7.12 Å². The fourth-order valence-corrected chi connectivity index (χ4v) is 1.44. The van der Waals surface area contributed by atoms with Gasteiger partial charge in [-0.25, -0.2) is 0 Å². The number of hydrogen-bond acceptors (Lipinski definition) is 3. The van der Waals surface area contributed by atoms with Crippen LogP contribution in [0.25, 0.3) is 0 Å². The van der Waals surface area contributed by atoms with Crippen LogP contribution in [0.5, 0.6) is 0 Å². The highest BCUT2D eigenvalue weighted by Crippen LogP contribution is 2.38. The standard InChI is InChI=1S/C12H21BO3/c1-7-9-10(14-8-2)13-15-11(3,4)12(5,6)16-13/h7,9H,1,8H2,2-6H3/b10-9-. The highest BCUT2D eigenvalue weighted by molar-refractivity contribution is 6.53. The second kappa shape index (κ2) is 4.64. The topological polar surface area (TPSA) is 27.7 Å². The van der Waals surface area contributed by atoms with Crippen LogP contribution in [0.15, 0.2) is 24.4 Å². The van der Waals surface area contributed by atoms with Crippen molar-refractivity contribution in [2.45, 2.75) is 45.8 Å². The fourth-order valence-electron chi connectivity index (χ4n) is 1.44. The molecule has 1 saturated heterocycles. The SMILES string of the molecule is C=C/C=C(\OCC)B1OC(C)(C)C(C)(C)O1. The average Bonchev–Trinajstić information content (AvgIpc) is 2.36. The van der Waals surface area contributed by atoms with Crippen molar-refractivity contribution in [3.63, 3.8) is 0 Å². The second-order valence-corrected chi connectivity index (χ2v) is 4.83. The van der Waals surface area contributed by atoms with Gasteiger partial charge in [-0.3, -0.25) is 0 Å². The summed E-state index contributed by atoms with van der Waals surface area (Å²) in [7, 11) is -0.442. The maximum Gasteiger partial charge on any atom is 0.532 e. The van der Waals surface area contributed by atoms with E-state index in [1.807, 2.05) is 34.6 Å². The lowest BCUT2D eigenvalue weighted by Crippen LogP contribution is -2.41. The van der Waals surface area contributed by atoms with Gasteiger partial charge in [0.05, 0.1) is 17.8 Å². The molecule has 1 rings (SSSR count). The molecule has 4 heteroatoms. The predicted molar refractivity (Wildman–Crippen MR) is 66.0 cm³/mol. The van der Waals surface area contributed by atoms with Crippen LogP contribution < -0.4 is 0 Å². The maximum atomic E-state index is 5.87. The van der Waals surface area contributed by atoms with Gasteiger partial charge in [-0.05, 0) is 40.7 Å². The van der Waals surface area contributed by atoms with Gasteiger partial charge in [0.2, 0.25) is 0 Å². The summed E-state index contributed by atoms with van der Waals surface area (Å²) in [5.41, 5.74) is 0.000459. The van der Waals surface area contributed by atoms with Gasteiger partial charge in [0.1, 0.15) is 5.66 Å². The lowest BCUT2D eigenvalue weighted by atomic mass is 9.86. The molecule has 0 aliphatic carbocycles. The van der Waals surface area contributed by atoms with E-state index >= 15 is 0 Å². The van der Waals surface area contributed by atoms with Gasteiger partial charge in [-0.15, -0.1) is 0 Å². The van der Waals surface area contributed by atoms with E-state index in [4.69, 9.17) is 14.0 Å².